The molecular formula is C16H17BrClNO. The van der Waals surface area contributed by atoms with E-state index in [2.05, 4.69) is 33.4 Å². The molecule has 2 nitrogen and oxygen atoms in total. The molecule has 0 radical (unpaired) electrons. The average molecular weight is 355 g/mol. The molecule has 0 aliphatic carbocycles. The highest BCUT2D eigenvalue weighted by Gasteiger charge is 2.14. The van der Waals surface area contributed by atoms with Gasteiger partial charge in [-0.05, 0) is 37.4 Å². The summed E-state index contributed by atoms with van der Waals surface area (Å²) in [6, 6.07) is 15.8. The molecule has 1 N–H and O–H groups in total. The zero-order valence-electron chi connectivity index (χ0n) is 11.3. The van der Waals surface area contributed by atoms with Crippen LogP contribution in [0.1, 0.15) is 18.1 Å². The van der Waals surface area contributed by atoms with Crippen LogP contribution in [0, 0.1) is 0 Å². The van der Waals surface area contributed by atoms with Crippen LogP contribution >= 0.6 is 27.5 Å². The van der Waals surface area contributed by atoms with Crippen molar-refractivity contribution in [2.24, 2.45) is 0 Å². The first-order valence-electron chi connectivity index (χ1n) is 6.52. The molecule has 2 aromatic rings. The zero-order valence-corrected chi connectivity index (χ0v) is 13.6. The Balaban J connectivity index is 2.21. The quantitative estimate of drug-likeness (QED) is 0.802. The summed E-state index contributed by atoms with van der Waals surface area (Å²) in [7, 11) is 1.94. The molecule has 2 rings (SSSR count). The van der Waals surface area contributed by atoms with Gasteiger partial charge < -0.3 is 10.1 Å². The van der Waals surface area contributed by atoms with Crippen LogP contribution in [0.2, 0.25) is 5.02 Å². The number of rotatable bonds is 6. The number of halogens is 2. The maximum absolute atomic E-state index is 6.20. The summed E-state index contributed by atoms with van der Waals surface area (Å²) in [6.07, 6.45) is 0.860. The number of nitrogens with one attached hydrogen (secondary N) is 1. The fourth-order valence-electron chi connectivity index (χ4n) is 1.96. The van der Waals surface area contributed by atoms with Crippen molar-refractivity contribution in [3.63, 3.8) is 0 Å². The van der Waals surface area contributed by atoms with Crippen molar-refractivity contribution in [2.75, 3.05) is 13.6 Å². The lowest BCUT2D eigenvalue weighted by Crippen LogP contribution is -2.16. The first kappa shape index (κ1) is 15.4. The predicted molar refractivity (Wildman–Crippen MR) is 87.5 cm³/mol. The van der Waals surface area contributed by atoms with Crippen LogP contribution in [0.4, 0.5) is 0 Å². The van der Waals surface area contributed by atoms with E-state index in [1.54, 1.807) is 0 Å². The molecule has 2 aromatic carbocycles. The van der Waals surface area contributed by atoms with Gasteiger partial charge in [0.2, 0.25) is 0 Å². The highest BCUT2D eigenvalue weighted by molar-refractivity contribution is 9.10. The molecule has 0 unspecified atom stereocenters. The van der Waals surface area contributed by atoms with Crippen LogP contribution in [0.25, 0.3) is 0 Å². The molecule has 0 fully saturated rings. The fourth-order valence-corrected chi connectivity index (χ4v) is 2.46. The average Bonchev–Trinajstić information content (AvgIpc) is 2.48. The van der Waals surface area contributed by atoms with Crippen LogP contribution in [0.5, 0.6) is 5.75 Å². The van der Waals surface area contributed by atoms with Crippen molar-refractivity contribution in [3.05, 3.63) is 63.6 Å². The van der Waals surface area contributed by atoms with Gasteiger partial charge in [0.05, 0.1) is 5.02 Å². The molecule has 0 saturated heterocycles. The highest BCUT2D eigenvalue weighted by atomic mass is 79.9. The fraction of sp³-hybridized carbons (Fsp3) is 0.250. The lowest BCUT2D eigenvalue weighted by Gasteiger charge is -2.20. The number of benzene rings is 2. The van der Waals surface area contributed by atoms with Crippen molar-refractivity contribution in [3.8, 4) is 5.75 Å². The van der Waals surface area contributed by atoms with E-state index in [4.69, 9.17) is 16.3 Å². The largest absolute Gasteiger partial charge is 0.484 e. The lowest BCUT2D eigenvalue weighted by molar-refractivity contribution is 0.195. The van der Waals surface area contributed by atoms with Crippen LogP contribution < -0.4 is 10.1 Å². The van der Waals surface area contributed by atoms with Crippen molar-refractivity contribution in [1.29, 1.82) is 0 Å². The summed E-state index contributed by atoms with van der Waals surface area (Å²) in [4.78, 5) is 0. The second kappa shape index (κ2) is 7.67. The van der Waals surface area contributed by atoms with Gasteiger partial charge in [0.25, 0.3) is 0 Å². The molecule has 4 heteroatoms. The van der Waals surface area contributed by atoms with Crippen LogP contribution in [0.3, 0.4) is 0 Å². The van der Waals surface area contributed by atoms with E-state index in [0.717, 1.165) is 23.0 Å². The van der Waals surface area contributed by atoms with Crippen LogP contribution in [-0.4, -0.2) is 13.6 Å². The molecule has 0 saturated carbocycles. The van der Waals surface area contributed by atoms with Crippen LogP contribution in [-0.2, 0) is 0 Å². The smallest absolute Gasteiger partial charge is 0.139 e. The summed E-state index contributed by atoms with van der Waals surface area (Å²) in [5.74, 6) is 0.700. The monoisotopic (exact) mass is 353 g/mol. The van der Waals surface area contributed by atoms with Crippen molar-refractivity contribution in [1.82, 2.24) is 5.32 Å². The number of ether oxygens (including phenoxy) is 1. The zero-order chi connectivity index (χ0) is 14.4. The topological polar surface area (TPSA) is 21.3 Å². The Labute approximate surface area is 133 Å². The molecule has 0 aliphatic rings. The van der Waals surface area contributed by atoms with E-state index >= 15 is 0 Å². The summed E-state index contributed by atoms with van der Waals surface area (Å²) in [5.41, 5.74) is 1.15. The van der Waals surface area contributed by atoms with Gasteiger partial charge in [-0.3, -0.25) is 0 Å². The van der Waals surface area contributed by atoms with E-state index in [9.17, 15) is 0 Å². The van der Waals surface area contributed by atoms with Gasteiger partial charge in [-0.25, -0.2) is 0 Å². The van der Waals surface area contributed by atoms with E-state index in [-0.39, 0.29) is 6.10 Å². The van der Waals surface area contributed by atoms with Crippen molar-refractivity contribution < 1.29 is 4.74 Å². The normalized spacial score (nSPS) is 12.2. The van der Waals surface area contributed by atoms with Gasteiger partial charge in [-0.15, -0.1) is 0 Å². The minimum Gasteiger partial charge on any atom is -0.484 e. The highest BCUT2D eigenvalue weighted by Crippen LogP contribution is 2.32. The van der Waals surface area contributed by atoms with E-state index in [0.29, 0.717) is 10.8 Å². The first-order chi connectivity index (χ1) is 9.70. The Morgan fingerprint density at radius 2 is 1.95 bits per heavy atom. The molecule has 0 spiro atoms. The van der Waals surface area contributed by atoms with E-state index < -0.39 is 0 Å². The third-order valence-corrected chi connectivity index (χ3v) is 3.80. The molecular weight excluding hydrogens is 338 g/mol. The summed E-state index contributed by atoms with van der Waals surface area (Å²) < 4.78 is 7.07. The maximum Gasteiger partial charge on any atom is 0.139 e. The van der Waals surface area contributed by atoms with Gasteiger partial charge in [-0.1, -0.05) is 57.9 Å². The SMILES string of the molecule is CNCC[C@@H](Oc1cc(Br)ccc1Cl)c1ccccc1. The summed E-state index contributed by atoms with van der Waals surface area (Å²) in [5, 5.41) is 3.78. The van der Waals surface area contributed by atoms with Crippen molar-refractivity contribution in [2.45, 2.75) is 12.5 Å². The standard InChI is InChI=1S/C16H17BrClNO/c1-19-10-9-15(12-5-3-2-4-6-12)20-16-11-13(17)7-8-14(16)18/h2-8,11,15,19H,9-10H2,1H3/t15-/m1/s1. The Bertz CT molecular complexity index is 547. The maximum atomic E-state index is 6.20. The van der Waals surface area contributed by atoms with Crippen LogP contribution in [0.15, 0.2) is 53.0 Å². The van der Waals surface area contributed by atoms with Gasteiger partial charge in [-0.2, -0.15) is 0 Å². The van der Waals surface area contributed by atoms with Gasteiger partial charge >= 0.3 is 0 Å². The third-order valence-electron chi connectivity index (χ3n) is 2.99. The molecule has 106 valence electrons. The first-order valence-corrected chi connectivity index (χ1v) is 7.69. The number of hydrogen-bond acceptors (Lipinski definition) is 2. The Morgan fingerprint density at radius 3 is 2.65 bits per heavy atom. The van der Waals surface area contributed by atoms with E-state index in [1.807, 2.05) is 43.4 Å². The molecule has 0 bridgehead atoms. The molecule has 0 heterocycles. The molecule has 0 aliphatic heterocycles. The minimum absolute atomic E-state index is 0.0181. The van der Waals surface area contributed by atoms with Gasteiger partial charge in [0, 0.05) is 10.9 Å². The van der Waals surface area contributed by atoms with E-state index in [1.165, 1.54) is 0 Å². The summed E-state index contributed by atoms with van der Waals surface area (Å²) >= 11 is 9.64. The second-order valence-corrected chi connectivity index (χ2v) is 5.81. The molecule has 0 aromatic heterocycles. The van der Waals surface area contributed by atoms with Gasteiger partial charge in [0.1, 0.15) is 11.9 Å². The molecule has 20 heavy (non-hydrogen) atoms. The molecule has 0 amide bonds. The predicted octanol–water partition coefficient (Wildman–Crippen LogP) is 4.83. The lowest BCUT2D eigenvalue weighted by atomic mass is 10.1. The Hall–Kier alpha value is -1.03. The number of hydrogen-bond donors (Lipinski definition) is 1. The third kappa shape index (κ3) is 4.23. The summed E-state index contributed by atoms with van der Waals surface area (Å²) in [6.45, 7) is 0.880. The Morgan fingerprint density at radius 1 is 1.20 bits per heavy atom. The minimum atomic E-state index is -0.0181. The Kier molecular flexibility index (Phi) is 5.89. The molecule has 1 atom stereocenters. The van der Waals surface area contributed by atoms with Gasteiger partial charge in [0.15, 0.2) is 0 Å². The second-order valence-electron chi connectivity index (χ2n) is 4.48. The van der Waals surface area contributed by atoms with Crippen molar-refractivity contribution >= 4 is 27.5 Å².